The highest BCUT2D eigenvalue weighted by molar-refractivity contribution is 6.17. The van der Waals surface area contributed by atoms with E-state index in [-0.39, 0.29) is 5.91 Å². The van der Waals surface area contributed by atoms with E-state index in [1.807, 2.05) is 6.92 Å². The van der Waals surface area contributed by atoms with Crippen molar-refractivity contribution in [2.24, 2.45) is 0 Å². The Morgan fingerprint density at radius 2 is 2.43 bits per heavy atom. The lowest BCUT2D eigenvalue weighted by atomic mass is 10.2. The van der Waals surface area contributed by atoms with E-state index in [1.165, 1.54) is 0 Å². The van der Waals surface area contributed by atoms with Crippen molar-refractivity contribution in [1.82, 2.24) is 10.2 Å². The topological polar surface area (TPSA) is 57.8 Å². The molecule has 2 N–H and O–H groups in total. The molecule has 0 aliphatic heterocycles. The second-order valence-corrected chi connectivity index (χ2v) is 3.51. The molecule has 0 spiro atoms. The molecule has 0 aliphatic rings. The van der Waals surface area contributed by atoms with Gasteiger partial charge in [-0.25, -0.2) is 0 Å². The molecule has 4 nitrogen and oxygen atoms in total. The Morgan fingerprint density at radius 3 is 3.00 bits per heavy atom. The molecule has 0 unspecified atom stereocenters. The highest BCUT2D eigenvalue weighted by Crippen LogP contribution is 2.05. The van der Waals surface area contributed by atoms with Crippen LogP contribution in [0.3, 0.4) is 0 Å². The second-order valence-electron chi connectivity index (χ2n) is 3.13. The van der Waals surface area contributed by atoms with Gasteiger partial charge in [-0.15, -0.1) is 11.6 Å². The summed E-state index contributed by atoms with van der Waals surface area (Å²) in [5, 5.41) is 9.35. The summed E-state index contributed by atoms with van der Waals surface area (Å²) in [6.45, 7) is 1.89. The minimum absolute atomic E-state index is 0.0124. The van der Waals surface area contributed by atoms with E-state index in [2.05, 4.69) is 15.5 Å². The Bertz CT molecular complexity index is 298. The van der Waals surface area contributed by atoms with E-state index < -0.39 is 0 Å². The Morgan fingerprint density at radius 1 is 1.64 bits per heavy atom. The number of alkyl halides is 1. The summed E-state index contributed by atoms with van der Waals surface area (Å²) in [4.78, 5) is 11.3. The SMILES string of the molecule is Cc1cc(NC(=O)CCCCCl)n[nH]1. The first-order valence-electron chi connectivity index (χ1n) is 4.60. The number of aryl methyl sites for hydroxylation is 1. The van der Waals surface area contributed by atoms with Gasteiger partial charge < -0.3 is 5.32 Å². The van der Waals surface area contributed by atoms with Crippen LogP contribution in [0, 0.1) is 6.92 Å². The second kappa shape index (κ2) is 5.65. The third-order valence-corrected chi connectivity index (χ3v) is 2.03. The number of H-pyrrole nitrogens is 1. The molecule has 0 fully saturated rings. The van der Waals surface area contributed by atoms with Gasteiger partial charge in [-0.3, -0.25) is 9.89 Å². The first-order chi connectivity index (χ1) is 6.72. The van der Waals surface area contributed by atoms with Gasteiger partial charge in [0.25, 0.3) is 0 Å². The average Bonchev–Trinajstić information content (AvgIpc) is 2.52. The van der Waals surface area contributed by atoms with Crippen molar-refractivity contribution in [2.45, 2.75) is 26.2 Å². The smallest absolute Gasteiger partial charge is 0.225 e. The van der Waals surface area contributed by atoms with Crippen LogP contribution in [-0.2, 0) is 4.79 Å². The molecule has 1 amide bonds. The molecular weight excluding hydrogens is 202 g/mol. The van der Waals surface area contributed by atoms with Crippen molar-refractivity contribution < 1.29 is 4.79 Å². The fraction of sp³-hybridized carbons (Fsp3) is 0.556. The predicted molar refractivity (Wildman–Crippen MR) is 56.5 cm³/mol. The van der Waals surface area contributed by atoms with Crippen molar-refractivity contribution in [3.8, 4) is 0 Å². The third-order valence-electron chi connectivity index (χ3n) is 1.76. The summed E-state index contributed by atoms with van der Waals surface area (Å²) in [5.41, 5.74) is 0.932. The predicted octanol–water partition coefficient (Wildman–Crippen LogP) is 2.07. The number of halogens is 1. The van der Waals surface area contributed by atoms with Crippen molar-refractivity contribution in [1.29, 1.82) is 0 Å². The monoisotopic (exact) mass is 215 g/mol. The van der Waals surface area contributed by atoms with Gasteiger partial charge in [0.05, 0.1) is 0 Å². The maximum Gasteiger partial charge on any atom is 0.225 e. The van der Waals surface area contributed by atoms with E-state index in [9.17, 15) is 4.79 Å². The number of carbonyl (C=O) groups excluding carboxylic acids is 1. The minimum Gasteiger partial charge on any atom is -0.309 e. The lowest BCUT2D eigenvalue weighted by Gasteiger charge is -1.99. The van der Waals surface area contributed by atoms with Crippen LogP contribution < -0.4 is 5.32 Å². The van der Waals surface area contributed by atoms with Gasteiger partial charge >= 0.3 is 0 Å². The van der Waals surface area contributed by atoms with E-state index in [4.69, 9.17) is 11.6 Å². The Labute approximate surface area is 88.0 Å². The maximum absolute atomic E-state index is 11.3. The number of aromatic nitrogens is 2. The quantitative estimate of drug-likeness (QED) is 0.584. The standard InChI is InChI=1S/C9H14ClN3O/c1-7-6-8(13-12-7)11-9(14)4-2-3-5-10/h6H,2-5H2,1H3,(H2,11,12,13,14). The molecule has 1 aromatic heterocycles. The molecule has 0 aliphatic carbocycles. The Balaban J connectivity index is 2.27. The number of amides is 1. The number of carbonyl (C=O) groups is 1. The summed E-state index contributed by atoms with van der Waals surface area (Å²) >= 11 is 5.50. The van der Waals surface area contributed by atoms with Crippen molar-refractivity contribution >= 4 is 23.3 Å². The van der Waals surface area contributed by atoms with Crippen LogP contribution >= 0.6 is 11.6 Å². The number of anilines is 1. The van der Waals surface area contributed by atoms with Gasteiger partial charge in [-0.1, -0.05) is 0 Å². The third kappa shape index (κ3) is 3.79. The molecule has 0 atom stereocenters. The number of nitrogens with one attached hydrogen (secondary N) is 2. The molecule has 14 heavy (non-hydrogen) atoms. The fourth-order valence-corrected chi connectivity index (χ4v) is 1.26. The first-order valence-corrected chi connectivity index (χ1v) is 5.13. The molecular formula is C9H14ClN3O. The van der Waals surface area contributed by atoms with Gasteiger partial charge in [0.1, 0.15) is 0 Å². The molecule has 78 valence electrons. The molecule has 1 aromatic rings. The number of unbranched alkanes of at least 4 members (excludes halogenated alkanes) is 1. The lowest BCUT2D eigenvalue weighted by Crippen LogP contribution is -2.11. The summed E-state index contributed by atoms with van der Waals surface area (Å²) < 4.78 is 0. The minimum atomic E-state index is -0.0124. The highest BCUT2D eigenvalue weighted by atomic mass is 35.5. The van der Waals surface area contributed by atoms with Crippen LogP contribution in [0.25, 0.3) is 0 Å². The number of aromatic amines is 1. The van der Waals surface area contributed by atoms with E-state index >= 15 is 0 Å². The van der Waals surface area contributed by atoms with E-state index in [0.717, 1.165) is 18.5 Å². The van der Waals surface area contributed by atoms with Crippen LogP contribution in [0.2, 0.25) is 0 Å². The zero-order valence-electron chi connectivity index (χ0n) is 8.14. The van der Waals surface area contributed by atoms with Crippen molar-refractivity contribution in [3.05, 3.63) is 11.8 Å². The zero-order valence-corrected chi connectivity index (χ0v) is 8.90. The highest BCUT2D eigenvalue weighted by Gasteiger charge is 2.03. The molecule has 1 heterocycles. The van der Waals surface area contributed by atoms with Crippen LogP contribution in [0.4, 0.5) is 5.82 Å². The number of hydrogen-bond acceptors (Lipinski definition) is 2. The van der Waals surface area contributed by atoms with Gasteiger partial charge in [-0.05, 0) is 19.8 Å². The van der Waals surface area contributed by atoms with Crippen LogP contribution in [0.15, 0.2) is 6.07 Å². The summed E-state index contributed by atoms with van der Waals surface area (Å²) in [6.07, 6.45) is 2.19. The molecule has 0 radical (unpaired) electrons. The molecule has 1 rings (SSSR count). The van der Waals surface area contributed by atoms with Gasteiger partial charge in [0, 0.05) is 24.1 Å². The maximum atomic E-state index is 11.3. The lowest BCUT2D eigenvalue weighted by molar-refractivity contribution is -0.116. The summed E-state index contributed by atoms with van der Waals surface area (Å²) in [5.74, 6) is 1.18. The van der Waals surface area contributed by atoms with E-state index in [0.29, 0.717) is 18.1 Å². The van der Waals surface area contributed by atoms with E-state index in [1.54, 1.807) is 6.07 Å². The number of rotatable bonds is 5. The van der Waals surface area contributed by atoms with Crippen LogP contribution in [0.1, 0.15) is 25.0 Å². The zero-order chi connectivity index (χ0) is 10.4. The number of nitrogens with zero attached hydrogens (tertiary/aromatic N) is 1. The molecule has 0 saturated carbocycles. The first kappa shape index (κ1) is 11.0. The summed E-state index contributed by atoms with van der Waals surface area (Å²) in [7, 11) is 0. The number of hydrogen-bond donors (Lipinski definition) is 2. The molecule has 0 aromatic carbocycles. The van der Waals surface area contributed by atoms with Crippen LogP contribution in [-0.4, -0.2) is 22.0 Å². The molecule has 0 saturated heterocycles. The van der Waals surface area contributed by atoms with Crippen LogP contribution in [0.5, 0.6) is 0 Å². The average molecular weight is 216 g/mol. The normalized spacial score (nSPS) is 10.1. The Kier molecular flexibility index (Phi) is 4.46. The summed E-state index contributed by atoms with van der Waals surface area (Å²) in [6, 6.07) is 1.79. The Hall–Kier alpha value is -1.03. The van der Waals surface area contributed by atoms with Crippen molar-refractivity contribution in [2.75, 3.05) is 11.2 Å². The van der Waals surface area contributed by atoms with Crippen molar-refractivity contribution in [3.63, 3.8) is 0 Å². The van der Waals surface area contributed by atoms with Gasteiger partial charge in [0.15, 0.2) is 5.82 Å². The largest absolute Gasteiger partial charge is 0.309 e. The molecule has 0 bridgehead atoms. The van der Waals surface area contributed by atoms with Gasteiger partial charge in [-0.2, -0.15) is 5.10 Å². The fourth-order valence-electron chi connectivity index (χ4n) is 1.07. The van der Waals surface area contributed by atoms with Gasteiger partial charge in [0.2, 0.25) is 5.91 Å². The molecule has 5 heteroatoms.